The number of furan rings is 1. The van der Waals surface area contributed by atoms with Crippen molar-refractivity contribution in [2.45, 2.75) is 32.9 Å². The van der Waals surface area contributed by atoms with Crippen molar-refractivity contribution in [3.05, 3.63) is 24.2 Å². The minimum absolute atomic E-state index is 0.123. The van der Waals surface area contributed by atoms with Gasteiger partial charge in [-0.15, -0.1) is 0 Å². The van der Waals surface area contributed by atoms with Crippen LogP contribution in [-0.4, -0.2) is 46.5 Å². The first kappa shape index (κ1) is 15.1. The van der Waals surface area contributed by atoms with Crippen LogP contribution in [0, 0.1) is 0 Å². The lowest BCUT2D eigenvalue weighted by Crippen LogP contribution is -2.47. The van der Waals surface area contributed by atoms with Crippen LogP contribution in [0.2, 0.25) is 0 Å². The number of carboxylic acid groups (broad SMARTS) is 1. The molecule has 0 fully saturated rings. The normalized spacial score (nSPS) is 11.9. The molecule has 0 bridgehead atoms. The molecule has 0 saturated heterocycles. The Morgan fingerprint density at radius 1 is 1.47 bits per heavy atom. The number of hydrogen-bond acceptors (Lipinski definition) is 3. The minimum atomic E-state index is -1.01. The van der Waals surface area contributed by atoms with Crippen LogP contribution in [0.3, 0.4) is 0 Å². The summed E-state index contributed by atoms with van der Waals surface area (Å²) in [5, 5.41) is 8.88. The fraction of sp³-hybridized carbons (Fsp3) is 0.538. The molecule has 0 radical (unpaired) electrons. The summed E-state index contributed by atoms with van der Waals surface area (Å²) < 4.78 is 5.17. The number of carbonyl (C=O) groups excluding carboxylic acids is 1. The summed E-state index contributed by atoms with van der Waals surface area (Å²) in [4.78, 5) is 25.9. The Hall–Kier alpha value is -1.98. The van der Waals surface area contributed by atoms with Gasteiger partial charge in [0.1, 0.15) is 12.3 Å². The molecule has 1 rings (SSSR count). The Morgan fingerprint density at radius 3 is 2.63 bits per heavy atom. The van der Waals surface area contributed by atoms with Gasteiger partial charge in [0, 0.05) is 13.1 Å². The van der Waals surface area contributed by atoms with Crippen molar-refractivity contribution >= 4 is 12.0 Å². The molecule has 0 saturated carbocycles. The van der Waals surface area contributed by atoms with Crippen LogP contribution in [0.4, 0.5) is 4.79 Å². The van der Waals surface area contributed by atoms with Crippen molar-refractivity contribution in [2.75, 3.05) is 13.6 Å². The van der Waals surface area contributed by atoms with Crippen molar-refractivity contribution in [2.24, 2.45) is 0 Å². The first-order chi connectivity index (χ1) is 8.95. The van der Waals surface area contributed by atoms with E-state index in [1.807, 2.05) is 13.8 Å². The van der Waals surface area contributed by atoms with Gasteiger partial charge < -0.3 is 19.3 Å². The molecule has 1 aromatic heterocycles. The summed E-state index contributed by atoms with van der Waals surface area (Å²) in [6.07, 6.45) is 2.24. The van der Waals surface area contributed by atoms with Crippen molar-refractivity contribution in [1.29, 1.82) is 0 Å². The topological polar surface area (TPSA) is 74.0 Å². The molecule has 6 nitrogen and oxygen atoms in total. The minimum Gasteiger partial charge on any atom is -0.480 e. The Labute approximate surface area is 112 Å². The van der Waals surface area contributed by atoms with E-state index in [4.69, 9.17) is 9.52 Å². The molecule has 106 valence electrons. The summed E-state index contributed by atoms with van der Waals surface area (Å²) in [5.41, 5.74) is 0. The number of nitrogens with zero attached hydrogens (tertiary/aromatic N) is 2. The lowest BCUT2D eigenvalue weighted by molar-refractivity contribution is -0.138. The maximum atomic E-state index is 12.3. The molecule has 0 aliphatic rings. The summed E-state index contributed by atoms with van der Waals surface area (Å²) in [5.74, 6) is -0.352. The number of aliphatic carboxylic acids is 1. The van der Waals surface area contributed by atoms with Gasteiger partial charge in [0.05, 0.1) is 12.8 Å². The molecule has 0 aliphatic carbocycles. The SMILES string of the molecule is CCC(C)N(CC(=O)O)C(=O)N(C)Cc1ccco1. The van der Waals surface area contributed by atoms with E-state index in [1.165, 1.54) is 16.1 Å². The Kier molecular flexibility index (Phi) is 5.41. The molecule has 0 spiro atoms. The van der Waals surface area contributed by atoms with Crippen LogP contribution in [-0.2, 0) is 11.3 Å². The molecular weight excluding hydrogens is 248 g/mol. The molecule has 2 amide bonds. The standard InChI is InChI=1S/C13H20N2O4/c1-4-10(2)15(9-12(16)17)13(18)14(3)8-11-6-5-7-19-11/h5-7,10H,4,8-9H2,1-3H3,(H,16,17). The average Bonchev–Trinajstić information content (AvgIpc) is 2.86. The van der Waals surface area contributed by atoms with Crippen molar-refractivity contribution in [3.63, 3.8) is 0 Å². The molecular formula is C13H20N2O4. The second-order valence-electron chi connectivity index (χ2n) is 4.50. The zero-order valence-corrected chi connectivity index (χ0v) is 11.5. The number of urea groups is 1. The van der Waals surface area contributed by atoms with Crippen LogP contribution >= 0.6 is 0 Å². The van der Waals surface area contributed by atoms with Crippen molar-refractivity contribution in [1.82, 2.24) is 9.80 Å². The highest BCUT2D eigenvalue weighted by Crippen LogP contribution is 2.10. The predicted molar refractivity (Wildman–Crippen MR) is 69.7 cm³/mol. The second kappa shape index (κ2) is 6.82. The number of carboxylic acids is 1. The van der Waals surface area contributed by atoms with E-state index in [0.717, 1.165) is 0 Å². The van der Waals surface area contributed by atoms with Crippen molar-refractivity contribution < 1.29 is 19.1 Å². The zero-order valence-electron chi connectivity index (χ0n) is 11.5. The van der Waals surface area contributed by atoms with Gasteiger partial charge in [-0.1, -0.05) is 6.92 Å². The quantitative estimate of drug-likeness (QED) is 0.856. The molecule has 0 aliphatic heterocycles. The fourth-order valence-corrected chi connectivity index (χ4v) is 1.70. The smallest absolute Gasteiger partial charge is 0.323 e. The zero-order chi connectivity index (χ0) is 14.4. The average molecular weight is 268 g/mol. The Bertz CT molecular complexity index is 416. The number of rotatable bonds is 6. The maximum absolute atomic E-state index is 12.3. The fourth-order valence-electron chi connectivity index (χ4n) is 1.70. The van der Waals surface area contributed by atoms with E-state index in [0.29, 0.717) is 18.7 Å². The van der Waals surface area contributed by atoms with Crippen LogP contribution in [0.5, 0.6) is 0 Å². The van der Waals surface area contributed by atoms with Crippen LogP contribution < -0.4 is 0 Å². The maximum Gasteiger partial charge on any atom is 0.323 e. The van der Waals surface area contributed by atoms with E-state index in [-0.39, 0.29) is 18.6 Å². The highest BCUT2D eigenvalue weighted by molar-refractivity contribution is 5.80. The number of hydrogen-bond donors (Lipinski definition) is 1. The van der Waals surface area contributed by atoms with E-state index < -0.39 is 5.97 Å². The highest BCUT2D eigenvalue weighted by Gasteiger charge is 2.24. The van der Waals surface area contributed by atoms with Crippen LogP contribution in [0.1, 0.15) is 26.0 Å². The van der Waals surface area contributed by atoms with E-state index >= 15 is 0 Å². The predicted octanol–water partition coefficient (Wildman–Crippen LogP) is 2.02. The Balaban J connectivity index is 2.71. The summed E-state index contributed by atoms with van der Waals surface area (Å²) in [7, 11) is 1.63. The molecule has 1 atom stereocenters. The molecule has 1 N–H and O–H groups in total. The highest BCUT2D eigenvalue weighted by atomic mass is 16.4. The first-order valence-corrected chi connectivity index (χ1v) is 6.21. The van der Waals surface area contributed by atoms with E-state index in [2.05, 4.69) is 0 Å². The third-order valence-electron chi connectivity index (χ3n) is 2.97. The largest absolute Gasteiger partial charge is 0.480 e. The van der Waals surface area contributed by atoms with Gasteiger partial charge in [-0.2, -0.15) is 0 Å². The van der Waals surface area contributed by atoms with Crippen LogP contribution in [0.15, 0.2) is 22.8 Å². The van der Waals surface area contributed by atoms with Gasteiger partial charge in [0.15, 0.2) is 0 Å². The van der Waals surface area contributed by atoms with Gasteiger partial charge in [-0.05, 0) is 25.5 Å². The monoisotopic (exact) mass is 268 g/mol. The first-order valence-electron chi connectivity index (χ1n) is 6.21. The van der Waals surface area contributed by atoms with Crippen LogP contribution in [0.25, 0.3) is 0 Å². The van der Waals surface area contributed by atoms with Gasteiger partial charge in [0.25, 0.3) is 0 Å². The summed E-state index contributed by atoms with van der Waals surface area (Å²) in [6.45, 7) is 3.77. The molecule has 1 unspecified atom stereocenters. The molecule has 6 heteroatoms. The van der Waals surface area contributed by atoms with E-state index in [1.54, 1.807) is 19.2 Å². The van der Waals surface area contributed by atoms with E-state index in [9.17, 15) is 9.59 Å². The second-order valence-corrected chi connectivity index (χ2v) is 4.50. The van der Waals surface area contributed by atoms with Gasteiger partial charge >= 0.3 is 12.0 Å². The summed E-state index contributed by atoms with van der Waals surface area (Å²) in [6, 6.07) is 3.09. The van der Waals surface area contributed by atoms with Gasteiger partial charge in [0.2, 0.25) is 0 Å². The third kappa shape index (κ3) is 4.31. The lowest BCUT2D eigenvalue weighted by atomic mass is 10.2. The lowest BCUT2D eigenvalue weighted by Gasteiger charge is -2.31. The summed E-state index contributed by atoms with van der Waals surface area (Å²) >= 11 is 0. The Morgan fingerprint density at radius 2 is 2.16 bits per heavy atom. The van der Waals surface area contributed by atoms with Gasteiger partial charge in [-0.25, -0.2) is 4.79 Å². The molecule has 1 aromatic rings. The molecule has 1 heterocycles. The van der Waals surface area contributed by atoms with Crippen molar-refractivity contribution in [3.8, 4) is 0 Å². The number of amides is 2. The molecule has 19 heavy (non-hydrogen) atoms. The third-order valence-corrected chi connectivity index (χ3v) is 2.97. The number of carbonyl (C=O) groups is 2. The molecule has 0 aromatic carbocycles. The van der Waals surface area contributed by atoms with Gasteiger partial charge in [-0.3, -0.25) is 4.79 Å².